The van der Waals surface area contributed by atoms with Gasteiger partial charge >= 0.3 is 0 Å². The van der Waals surface area contributed by atoms with Gasteiger partial charge in [0.15, 0.2) is 16.6 Å². The molecule has 0 saturated heterocycles. The average Bonchev–Trinajstić information content (AvgIpc) is 1.75. The topological polar surface area (TPSA) is 63.6 Å². The maximum Gasteiger partial charge on any atom is 0.264 e. The van der Waals surface area contributed by atoms with Gasteiger partial charge < -0.3 is 4.12 Å². The van der Waals surface area contributed by atoms with E-state index in [1.165, 1.54) is 0 Å². The molecule has 0 bridgehead atoms. The van der Waals surface area contributed by atoms with Gasteiger partial charge in [0, 0.05) is 0 Å². The lowest BCUT2D eigenvalue weighted by Crippen LogP contribution is -2.42. The van der Waals surface area contributed by atoms with E-state index in [9.17, 15) is 8.42 Å². The highest BCUT2D eigenvalue weighted by atomic mass is 32.2. The molecule has 0 aliphatic carbocycles. The van der Waals surface area contributed by atoms with E-state index in [-0.39, 0.29) is 5.75 Å². The van der Waals surface area contributed by atoms with Gasteiger partial charge in [0.05, 0.1) is 5.75 Å². The molecule has 0 aliphatic heterocycles. The maximum atomic E-state index is 10.5. The molecular formula is C8H22O4SSi2. The molecule has 0 amide bonds. The first kappa shape index (κ1) is 15.3. The molecule has 15 heavy (non-hydrogen) atoms. The molecule has 0 atom stereocenters. The van der Waals surface area contributed by atoms with E-state index >= 15 is 0 Å². The predicted molar refractivity (Wildman–Crippen MR) is 67.8 cm³/mol. The van der Waals surface area contributed by atoms with E-state index in [4.69, 9.17) is 8.67 Å². The summed E-state index contributed by atoms with van der Waals surface area (Å²) in [6.45, 7) is 10.6. The minimum absolute atomic E-state index is 0.154. The normalized spacial score (nSPS) is 14.3. The molecule has 0 aliphatic rings. The Bertz CT molecular complexity index is 292. The Labute approximate surface area is 95.0 Å². The summed E-state index contributed by atoms with van der Waals surface area (Å²) in [5.74, 6) is -0.154. The van der Waals surface area contributed by atoms with Gasteiger partial charge in [0.1, 0.15) is 0 Å². The first-order valence-electron chi connectivity index (χ1n) is 5.07. The van der Waals surface area contributed by atoms with Gasteiger partial charge in [0.2, 0.25) is 0 Å². The SMILES string of the molecule is C[Si](C)(C)O[Si](C)(C)CCCS(=O)(=O)O. The van der Waals surface area contributed by atoms with Gasteiger partial charge in [0.25, 0.3) is 10.1 Å². The van der Waals surface area contributed by atoms with Crippen molar-refractivity contribution in [2.24, 2.45) is 0 Å². The van der Waals surface area contributed by atoms with Gasteiger partial charge in [-0.3, -0.25) is 4.55 Å². The van der Waals surface area contributed by atoms with Crippen molar-refractivity contribution in [3.63, 3.8) is 0 Å². The van der Waals surface area contributed by atoms with E-state index in [0.717, 1.165) is 6.04 Å². The van der Waals surface area contributed by atoms with E-state index in [2.05, 4.69) is 32.7 Å². The van der Waals surface area contributed by atoms with Crippen LogP contribution in [0, 0.1) is 0 Å². The highest BCUT2D eigenvalue weighted by Gasteiger charge is 2.29. The number of hydrogen-bond donors (Lipinski definition) is 1. The van der Waals surface area contributed by atoms with Crippen LogP contribution in [0.1, 0.15) is 6.42 Å². The van der Waals surface area contributed by atoms with Gasteiger partial charge in [-0.15, -0.1) is 0 Å². The summed E-state index contributed by atoms with van der Waals surface area (Å²) in [5.41, 5.74) is 0. The minimum atomic E-state index is -3.81. The van der Waals surface area contributed by atoms with Crippen LogP contribution in [0.15, 0.2) is 0 Å². The van der Waals surface area contributed by atoms with Crippen molar-refractivity contribution in [3.8, 4) is 0 Å². The summed E-state index contributed by atoms with van der Waals surface area (Å²) in [7, 11) is -7.10. The molecule has 0 radical (unpaired) electrons. The highest BCUT2D eigenvalue weighted by Crippen LogP contribution is 2.19. The fraction of sp³-hybridized carbons (Fsp3) is 1.00. The van der Waals surface area contributed by atoms with Crippen LogP contribution in [0.2, 0.25) is 38.8 Å². The molecule has 0 unspecified atom stereocenters. The molecule has 92 valence electrons. The first-order valence-corrected chi connectivity index (χ1v) is 13.2. The quantitative estimate of drug-likeness (QED) is 0.594. The van der Waals surface area contributed by atoms with Gasteiger partial charge in [-0.1, -0.05) is 0 Å². The standard InChI is InChI=1S/C8H22O4SSi2/c1-14(2,3)12-15(4,5)8-6-7-13(9,10)11/h6-8H2,1-5H3,(H,9,10,11). The summed E-state index contributed by atoms with van der Waals surface area (Å²) >= 11 is 0. The van der Waals surface area contributed by atoms with Crippen molar-refractivity contribution >= 4 is 26.8 Å². The van der Waals surface area contributed by atoms with Crippen LogP contribution in [0.4, 0.5) is 0 Å². The van der Waals surface area contributed by atoms with Crippen LogP contribution in [0.5, 0.6) is 0 Å². The summed E-state index contributed by atoms with van der Waals surface area (Å²) in [6, 6.07) is 0.775. The van der Waals surface area contributed by atoms with Crippen LogP contribution >= 0.6 is 0 Å². The second-order valence-electron chi connectivity index (χ2n) is 5.36. The van der Waals surface area contributed by atoms with E-state index in [1.807, 2.05) is 0 Å². The third-order valence-corrected chi connectivity index (χ3v) is 8.79. The number of rotatable bonds is 6. The molecule has 0 fully saturated rings. The highest BCUT2D eigenvalue weighted by molar-refractivity contribution is 7.85. The van der Waals surface area contributed by atoms with Gasteiger partial charge in [-0.05, 0) is 45.2 Å². The van der Waals surface area contributed by atoms with Crippen LogP contribution in [0.3, 0.4) is 0 Å². The lowest BCUT2D eigenvalue weighted by atomic mass is 10.6. The minimum Gasteiger partial charge on any atom is -0.456 e. The second kappa shape index (κ2) is 5.09. The van der Waals surface area contributed by atoms with Crippen LogP contribution in [0.25, 0.3) is 0 Å². The molecular weight excluding hydrogens is 248 g/mol. The largest absolute Gasteiger partial charge is 0.456 e. The Morgan fingerprint density at radius 3 is 1.93 bits per heavy atom. The predicted octanol–water partition coefficient (Wildman–Crippen LogP) is 2.32. The molecule has 0 heterocycles. The fourth-order valence-corrected chi connectivity index (χ4v) is 10.4. The maximum absolute atomic E-state index is 10.5. The summed E-state index contributed by atoms with van der Waals surface area (Å²) in [5, 5.41) is 0. The Balaban J connectivity index is 4.06. The zero-order chi connectivity index (χ0) is 12.3. The molecule has 1 N–H and O–H groups in total. The third-order valence-electron chi connectivity index (χ3n) is 1.76. The van der Waals surface area contributed by atoms with Crippen LogP contribution in [-0.2, 0) is 14.2 Å². The molecule has 0 rings (SSSR count). The third kappa shape index (κ3) is 10.6. The molecule has 0 aromatic carbocycles. The second-order valence-corrected chi connectivity index (χ2v) is 16.0. The lowest BCUT2D eigenvalue weighted by molar-refractivity contribution is 0.481. The Kier molecular flexibility index (Phi) is 5.19. The average molecular weight is 270 g/mol. The van der Waals surface area contributed by atoms with Crippen molar-refractivity contribution in [1.29, 1.82) is 0 Å². The molecule has 0 aromatic heterocycles. The van der Waals surface area contributed by atoms with E-state index in [1.54, 1.807) is 0 Å². The zero-order valence-corrected chi connectivity index (χ0v) is 13.0. The Hall–Kier alpha value is 0.304. The van der Waals surface area contributed by atoms with Gasteiger partial charge in [-0.25, -0.2) is 0 Å². The van der Waals surface area contributed by atoms with Crippen molar-refractivity contribution in [2.45, 2.75) is 45.2 Å². The van der Waals surface area contributed by atoms with E-state index in [0.29, 0.717) is 6.42 Å². The van der Waals surface area contributed by atoms with Crippen LogP contribution < -0.4 is 0 Å². The number of hydrogen-bond acceptors (Lipinski definition) is 3. The zero-order valence-electron chi connectivity index (χ0n) is 10.2. The summed E-state index contributed by atoms with van der Waals surface area (Å²) in [6.07, 6.45) is 0.489. The van der Waals surface area contributed by atoms with Crippen molar-refractivity contribution < 1.29 is 17.1 Å². The Morgan fingerprint density at radius 2 is 1.60 bits per heavy atom. The molecule has 7 heteroatoms. The van der Waals surface area contributed by atoms with Crippen molar-refractivity contribution in [1.82, 2.24) is 0 Å². The monoisotopic (exact) mass is 270 g/mol. The molecule has 0 saturated carbocycles. The van der Waals surface area contributed by atoms with Crippen LogP contribution in [-0.4, -0.2) is 35.4 Å². The first-order chi connectivity index (χ1) is 6.41. The van der Waals surface area contributed by atoms with Crippen molar-refractivity contribution in [2.75, 3.05) is 5.75 Å². The van der Waals surface area contributed by atoms with E-state index < -0.39 is 26.8 Å². The fourth-order valence-electron chi connectivity index (χ4n) is 1.56. The van der Waals surface area contributed by atoms with Crippen molar-refractivity contribution in [3.05, 3.63) is 0 Å². The summed E-state index contributed by atoms with van der Waals surface area (Å²) < 4.78 is 35.7. The van der Waals surface area contributed by atoms with Gasteiger partial charge in [-0.2, -0.15) is 8.42 Å². The molecule has 0 spiro atoms. The lowest BCUT2D eigenvalue weighted by Gasteiger charge is -2.31. The smallest absolute Gasteiger partial charge is 0.264 e. The summed E-state index contributed by atoms with van der Waals surface area (Å²) in [4.78, 5) is 0. The Morgan fingerprint density at radius 1 is 1.13 bits per heavy atom. The molecule has 0 aromatic rings. The molecule has 4 nitrogen and oxygen atoms in total.